The summed E-state index contributed by atoms with van der Waals surface area (Å²) >= 11 is 0. The number of aryl methyl sites for hydroxylation is 2. The number of amides is 1. The van der Waals surface area contributed by atoms with Crippen LogP contribution in [0.4, 0.5) is 10.1 Å². The maximum Gasteiger partial charge on any atom is 0.265 e. The summed E-state index contributed by atoms with van der Waals surface area (Å²) in [6.07, 6.45) is -0.820. The lowest BCUT2D eigenvalue weighted by molar-refractivity contribution is -0.122. The van der Waals surface area contributed by atoms with Crippen molar-refractivity contribution in [3.8, 4) is 5.75 Å². The molecule has 0 fully saturated rings. The van der Waals surface area contributed by atoms with Gasteiger partial charge < -0.3 is 14.5 Å². The zero-order chi connectivity index (χ0) is 22.8. The van der Waals surface area contributed by atoms with E-state index < -0.39 is 23.6 Å². The van der Waals surface area contributed by atoms with Crippen molar-refractivity contribution in [3.63, 3.8) is 0 Å². The second kappa shape index (κ2) is 8.67. The lowest BCUT2D eigenvalue weighted by atomic mass is 10.1. The Morgan fingerprint density at radius 1 is 0.969 bits per heavy atom. The second-order valence-electron chi connectivity index (χ2n) is 7.63. The van der Waals surface area contributed by atoms with Gasteiger partial charge >= 0.3 is 0 Å². The molecule has 1 atom stereocenters. The molecule has 32 heavy (non-hydrogen) atoms. The third-order valence-corrected chi connectivity index (χ3v) is 5.32. The van der Waals surface area contributed by atoms with Crippen molar-refractivity contribution in [1.29, 1.82) is 0 Å². The van der Waals surface area contributed by atoms with Crippen LogP contribution in [0.5, 0.6) is 5.75 Å². The fourth-order valence-corrected chi connectivity index (χ4v) is 3.33. The summed E-state index contributed by atoms with van der Waals surface area (Å²) < 4.78 is 24.9. The maximum absolute atomic E-state index is 13.3. The number of anilines is 1. The van der Waals surface area contributed by atoms with Gasteiger partial charge in [-0.25, -0.2) is 4.39 Å². The SMILES string of the molecule is Cc1ccc(O[C@H](C)C(=O)Nc2c(C(=O)c3ccc(F)cc3)oc3ccccc23)cc1C. The Balaban J connectivity index is 1.63. The number of ether oxygens (including phenoxy) is 1. The Bertz CT molecular complexity index is 1310. The van der Waals surface area contributed by atoms with Gasteiger partial charge in [0.1, 0.15) is 17.1 Å². The Morgan fingerprint density at radius 3 is 2.41 bits per heavy atom. The predicted octanol–water partition coefficient (Wildman–Crippen LogP) is 5.83. The number of benzene rings is 3. The van der Waals surface area contributed by atoms with Crippen molar-refractivity contribution >= 4 is 28.3 Å². The molecule has 4 rings (SSSR count). The molecule has 0 radical (unpaired) electrons. The van der Waals surface area contributed by atoms with Crippen LogP contribution in [0, 0.1) is 19.7 Å². The number of ketones is 1. The summed E-state index contributed by atoms with van der Waals surface area (Å²) in [5, 5.41) is 3.38. The number of furan rings is 1. The highest BCUT2D eigenvalue weighted by Gasteiger charge is 2.25. The summed E-state index contributed by atoms with van der Waals surface area (Å²) in [7, 11) is 0. The topological polar surface area (TPSA) is 68.5 Å². The van der Waals surface area contributed by atoms with Crippen LogP contribution in [0.2, 0.25) is 0 Å². The normalized spacial score (nSPS) is 11.9. The monoisotopic (exact) mass is 431 g/mol. The predicted molar refractivity (Wildman–Crippen MR) is 121 cm³/mol. The summed E-state index contributed by atoms with van der Waals surface area (Å²) in [5.74, 6) is -0.779. The largest absolute Gasteiger partial charge is 0.481 e. The molecular formula is C26H22FNO4. The third-order valence-electron chi connectivity index (χ3n) is 5.32. The number of para-hydroxylation sites is 1. The molecule has 0 aliphatic rings. The lowest BCUT2D eigenvalue weighted by Gasteiger charge is -2.15. The fraction of sp³-hybridized carbons (Fsp3) is 0.154. The van der Waals surface area contributed by atoms with Crippen LogP contribution in [0.1, 0.15) is 34.2 Å². The first-order valence-corrected chi connectivity index (χ1v) is 10.2. The van der Waals surface area contributed by atoms with Gasteiger partial charge in [-0.3, -0.25) is 9.59 Å². The molecule has 0 bridgehead atoms. The Morgan fingerprint density at radius 2 is 1.69 bits per heavy atom. The molecule has 4 aromatic rings. The van der Waals surface area contributed by atoms with E-state index in [1.807, 2.05) is 32.0 Å². The van der Waals surface area contributed by atoms with Gasteiger partial charge in [-0.15, -0.1) is 0 Å². The zero-order valence-corrected chi connectivity index (χ0v) is 17.9. The van der Waals surface area contributed by atoms with E-state index in [1.165, 1.54) is 24.3 Å². The standard InChI is InChI=1S/C26H22FNO4/c1-15-8-13-20(14-16(15)2)31-17(3)26(30)28-23-21-6-4-5-7-22(21)32-25(23)24(29)18-9-11-19(27)12-10-18/h4-14,17H,1-3H3,(H,28,30)/t17-/m1/s1. The van der Waals surface area contributed by atoms with E-state index in [1.54, 1.807) is 31.2 Å². The van der Waals surface area contributed by atoms with Crippen LogP contribution in [0.3, 0.4) is 0 Å². The van der Waals surface area contributed by atoms with Gasteiger partial charge in [-0.2, -0.15) is 0 Å². The van der Waals surface area contributed by atoms with E-state index in [0.717, 1.165) is 11.1 Å². The smallest absolute Gasteiger partial charge is 0.265 e. The molecule has 6 heteroatoms. The molecule has 1 N–H and O–H groups in total. The number of nitrogens with one attached hydrogen (secondary N) is 1. The molecule has 5 nitrogen and oxygen atoms in total. The number of carbonyl (C=O) groups is 2. The van der Waals surface area contributed by atoms with Crippen molar-refractivity contribution in [3.05, 3.63) is 95.0 Å². The number of carbonyl (C=O) groups excluding carboxylic acids is 2. The summed E-state index contributed by atoms with van der Waals surface area (Å²) in [6, 6.07) is 17.8. The van der Waals surface area contributed by atoms with Crippen molar-refractivity contribution in [2.45, 2.75) is 26.9 Å². The summed E-state index contributed by atoms with van der Waals surface area (Å²) in [6.45, 7) is 5.60. The molecule has 0 saturated carbocycles. The number of rotatable bonds is 6. The number of halogens is 1. The fourth-order valence-electron chi connectivity index (χ4n) is 3.33. The molecule has 0 unspecified atom stereocenters. The Hall–Kier alpha value is -3.93. The minimum atomic E-state index is -0.820. The van der Waals surface area contributed by atoms with Gasteiger partial charge in [0.2, 0.25) is 5.78 Å². The average Bonchev–Trinajstić information content (AvgIpc) is 3.14. The lowest BCUT2D eigenvalue weighted by Crippen LogP contribution is -2.30. The molecule has 1 aromatic heterocycles. The molecule has 3 aromatic carbocycles. The second-order valence-corrected chi connectivity index (χ2v) is 7.63. The first-order valence-electron chi connectivity index (χ1n) is 10.2. The van der Waals surface area contributed by atoms with Crippen LogP contribution >= 0.6 is 0 Å². The van der Waals surface area contributed by atoms with Gasteiger partial charge in [0.15, 0.2) is 11.9 Å². The molecule has 0 aliphatic heterocycles. The van der Waals surface area contributed by atoms with E-state index in [4.69, 9.17) is 9.15 Å². The van der Waals surface area contributed by atoms with Gasteiger partial charge in [0, 0.05) is 10.9 Å². The highest BCUT2D eigenvalue weighted by atomic mass is 19.1. The van der Waals surface area contributed by atoms with Gasteiger partial charge in [-0.1, -0.05) is 18.2 Å². The number of fused-ring (bicyclic) bond motifs is 1. The van der Waals surface area contributed by atoms with Gasteiger partial charge in [-0.05, 0) is 80.4 Å². The van der Waals surface area contributed by atoms with Crippen molar-refractivity contribution in [1.82, 2.24) is 0 Å². The van der Waals surface area contributed by atoms with E-state index in [2.05, 4.69) is 5.32 Å². The van der Waals surface area contributed by atoms with E-state index in [0.29, 0.717) is 16.7 Å². The Kier molecular flexibility index (Phi) is 5.77. The highest BCUT2D eigenvalue weighted by Crippen LogP contribution is 2.33. The van der Waals surface area contributed by atoms with Crippen molar-refractivity contribution in [2.75, 3.05) is 5.32 Å². The maximum atomic E-state index is 13.3. The highest BCUT2D eigenvalue weighted by molar-refractivity contribution is 6.17. The molecule has 1 heterocycles. The van der Waals surface area contributed by atoms with Crippen LogP contribution in [0.25, 0.3) is 11.0 Å². The number of hydrogen-bond donors (Lipinski definition) is 1. The van der Waals surface area contributed by atoms with E-state index in [9.17, 15) is 14.0 Å². The third kappa shape index (κ3) is 4.25. The molecule has 162 valence electrons. The van der Waals surface area contributed by atoms with Gasteiger partial charge in [0.05, 0.1) is 5.69 Å². The van der Waals surface area contributed by atoms with Crippen molar-refractivity contribution in [2.24, 2.45) is 0 Å². The van der Waals surface area contributed by atoms with Crippen molar-refractivity contribution < 1.29 is 23.1 Å². The molecule has 0 saturated heterocycles. The summed E-state index contributed by atoms with van der Waals surface area (Å²) in [4.78, 5) is 26.0. The minimum Gasteiger partial charge on any atom is -0.481 e. The van der Waals surface area contributed by atoms with E-state index >= 15 is 0 Å². The van der Waals surface area contributed by atoms with Crippen LogP contribution in [-0.4, -0.2) is 17.8 Å². The zero-order valence-electron chi connectivity index (χ0n) is 17.9. The first kappa shape index (κ1) is 21.3. The first-order chi connectivity index (χ1) is 15.3. The van der Waals surface area contributed by atoms with Crippen LogP contribution in [-0.2, 0) is 4.79 Å². The summed E-state index contributed by atoms with van der Waals surface area (Å²) in [5.41, 5.74) is 3.15. The van der Waals surface area contributed by atoms with Gasteiger partial charge in [0.25, 0.3) is 5.91 Å². The molecule has 0 aliphatic carbocycles. The molecule has 0 spiro atoms. The minimum absolute atomic E-state index is 0.0236. The quantitative estimate of drug-likeness (QED) is 0.390. The average molecular weight is 431 g/mol. The van der Waals surface area contributed by atoms with Crippen LogP contribution < -0.4 is 10.1 Å². The number of hydrogen-bond acceptors (Lipinski definition) is 4. The molecular weight excluding hydrogens is 409 g/mol. The van der Waals surface area contributed by atoms with Crippen LogP contribution in [0.15, 0.2) is 71.1 Å². The Labute approximate surface area is 184 Å². The molecule has 1 amide bonds. The van der Waals surface area contributed by atoms with E-state index in [-0.39, 0.29) is 17.0 Å².